The maximum absolute atomic E-state index is 13.1. The van der Waals surface area contributed by atoms with Gasteiger partial charge in [0.2, 0.25) is 0 Å². The number of imide groups is 1. The van der Waals surface area contributed by atoms with Crippen LogP contribution in [0.4, 0.5) is 14.9 Å². The quantitative estimate of drug-likeness (QED) is 0.336. The summed E-state index contributed by atoms with van der Waals surface area (Å²) in [5.41, 5.74) is 1.96. The van der Waals surface area contributed by atoms with Crippen LogP contribution in [-0.2, 0) is 11.3 Å². The fraction of sp³-hybridized carbons (Fsp3) is 0.0476. The molecule has 2 amide bonds. The van der Waals surface area contributed by atoms with E-state index >= 15 is 0 Å². The predicted octanol–water partition coefficient (Wildman–Crippen LogP) is 4.76. The Balaban J connectivity index is 1.58. The van der Waals surface area contributed by atoms with Crippen LogP contribution in [0.1, 0.15) is 11.3 Å². The molecule has 2 aromatic carbocycles. The van der Waals surface area contributed by atoms with Gasteiger partial charge in [-0.1, -0.05) is 12.1 Å². The van der Waals surface area contributed by atoms with Gasteiger partial charge in [-0.2, -0.15) is 0 Å². The summed E-state index contributed by atoms with van der Waals surface area (Å²) in [6.45, 7) is 0.0612. The van der Waals surface area contributed by atoms with Crippen molar-refractivity contribution in [1.82, 2.24) is 9.47 Å². The van der Waals surface area contributed by atoms with Crippen LogP contribution >= 0.6 is 11.8 Å². The van der Waals surface area contributed by atoms with E-state index in [4.69, 9.17) is 0 Å². The smallest absolute Gasteiger partial charge is 0.293 e. The van der Waals surface area contributed by atoms with Gasteiger partial charge in [0.05, 0.1) is 16.4 Å². The molecule has 1 fully saturated rings. The van der Waals surface area contributed by atoms with Gasteiger partial charge in [0.1, 0.15) is 5.82 Å². The fourth-order valence-electron chi connectivity index (χ4n) is 3.02. The van der Waals surface area contributed by atoms with Crippen LogP contribution in [0, 0.1) is 15.9 Å². The Hall–Kier alpha value is -3.72. The average molecular weight is 423 g/mol. The number of nitro benzene ring substituents is 1. The number of nitro groups is 1. The largest absolute Gasteiger partial charge is 0.317 e. The van der Waals surface area contributed by atoms with Crippen molar-refractivity contribution in [2.45, 2.75) is 6.54 Å². The number of nitrogens with zero attached hydrogens (tertiary/aromatic N) is 3. The number of amides is 2. The van der Waals surface area contributed by atoms with Crippen LogP contribution in [0.2, 0.25) is 0 Å². The lowest BCUT2D eigenvalue weighted by molar-refractivity contribution is -0.384. The number of carbonyl (C=O) groups is 2. The van der Waals surface area contributed by atoms with Crippen molar-refractivity contribution >= 4 is 34.7 Å². The van der Waals surface area contributed by atoms with Gasteiger partial charge >= 0.3 is 0 Å². The first-order valence-corrected chi connectivity index (χ1v) is 9.66. The van der Waals surface area contributed by atoms with Gasteiger partial charge in [-0.3, -0.25) is 24.6 Å². The summed E-state index contributed by atoms with van der Waals surface area (Å²) in [6.07, 6.45) is 3.37. The third-order valence-electron chi connectivity index (χ3n) is 4.53. The van der Waals surface area contributed by atoms with Crippen LogP contribution in [0.3, 0.4) is 0 Å². The van der Waals surface area contributed by atoms with Gasteiger partial charge in [0.25, 0.3) is 16.8 Å². The number of carbonyl (C=O) groups excluding carboxylic acids is 2. The van der Waals surface area contributed by atoms with Crippen LogP contribution in [-0.4, -0.2) is 25.5 Å². The highest BCUT2D eigenvalue weighted by Gasteiger charge is 2.35. The molecule has 30 heavy (non-hydrogen) atoms. The van der Waals surface area contributed by atoms with E-state index in [1.807, 2.05) is 0 Å². The van der Waals surface area contributed by atoms with Crippen molar-refractivity contribution in [2.75, 3.05) is 0 Å². The number of halogens is 1. The van der Waals surface area contributed by atoms with Gasteiger partial charge in [-0.15, -0.1) is 0 Å². The second-order valence-corrected chi connectivity index (χ2v) is 7.46. The molecule has 0 atom stereocenters. The standard InChI is InChI=1S/C21H14FN3O4S/c22-15-5-3-14(4-6-15)13-24-20(26)19(30-21(24)27)12-18-2-1-11-23(18)16-7-9-17(10-8-16)25(28)29/h1-12H,13H2/b19-12-. The second-order valence-electron chi connectivity index (χ2n) is 6.47. The maximum Gasteiger partial charge on any atom is 0.293 e. The summed E-state index contributed by atoms with van der Waals surface area (Å²) in [5, 5.41) is 10.4. The molecule has 0 aliphatic carbocycles. The van der Waals surface area contributed by atoms with Gasteiger partial charge in [0.15, 0.2) is 0 Å². The Labute approximate surface area is 174 Å². The van der Waals surface area contributed by atoms with E-state index < -0.39 is 16.1 Å². The van der Waals surface area contributed by atoms with Gasteiger partial charge in [-0.05, 0) is 59.8 Å². The van der Waals surface area contributed by atoms with Gasteiger partial charge < -0.3 is 4.57 Å². The maximum atomic E-state index is 13.1. The average Bonchev–Trinajstić information content (AvgIpc) is 3.30. The molecule has 4 rings (SSSR count). The predicted molar refractivity (Wildman–Crippen MR) is 110 cm³/mol. The minimum absolute atomic E-state index is 0.0191. The molecule has 1 saturated heterocycles. The van der Waals surface area contributed by atoms with E-state index in [-0.39, 0.29) is 23.0 Å². The molecule has 0 N–H and O–H groups in total. The number of hydrogen-bond donors (Lipinski definition) is 0. The minimum atomic E-state index is -0.475. The topological polar surface area (TPSA) is 85.5 Å². The Morgan fingerprint density at radius 1 is 1.03 bits per heavy atom. The summed E-state index contributed by atoms with van der Waals surface area (Å²) in [7, 11) is 0. The van der Waals surface area contributed by atoms with Crippen molar-refractivity contribution in [3.63, 3.8) is 0 Å². The number of rotatable bonds is 5. The highest BCUT2D eigenvalue weighted by atomic mass is 32.2. The Morgan fingerprint density at radius 3 is 2.40 bits per heavy atom. The van der Waals surface area contributed by atoms with Crippen LogP contribution in [0.15, 0.2) is 71.8 Å². The first kappa shape index (κ1) is 19.6. The molecule has 1 aliphatic rings. The molecule has 9 heteroatoms. The number of hydrogen-bond acceptors (Lipinski definition) is 5. The third kappa shape index (κ3) is 3.87. The van der Waals surface area contributed by atoms with Crippen molar-refractivity contribution < 1.29 is 18.9 Å². The van der Waals surface area contributed by atoms with Crippen LogP contribution < -0.4 is 0 Å². The lowest BCUT2D eigenvalue weighted by Gasteiger charge is -2.12. The molecule has 1 aliphatic heterocycles. The lowest BCUT2D eigenvalue weighted by Crippen LogP contribution is -2.27. The minimum Gasteiger partial charge on any atom is -0.317 e. The van der Waals surface area contributed by atoms with E-state index in [2.05, 4.69) is 0 Å². The SMILES string of the molecule is O=C1S/C(=C\c2cccn2-c2ccc([N+](=O)[O-])cc2)C(=O)N1Cc1ccc(F)cc1. The molecule has 0 radical (unpaired) electrons. The molecule has 150 valence electrons. The van der Waals surface area contributed by atoms with Crippen molar-refractivity contribution in [3.05, 3.63) is 99.0 Å². The zero-order chi connectivity index (χ0) is 21.3. The molecule has 0 spiro atoms. The van der Waals surface area contributed by atoms with E-state index in [9.17, 15) is 24.1 Å². The molecule has 0 saturated carbocycles. The fourth-order valence-corrected chi connectivity index (χ4v) is 3.85. The van der Waals surface area contributed by atoms with Gasteiger partial charge in [0, 0.05) is 29.7 Å². The lowest BCUT2D eigenvalue weighted by atomic mass is 10.2. The zero-order valence-electron chi connectivity index (χ0n) is 15.4. The Bertz CT molecular complexity index is 1170. The zero-order valence-corrected chi connectivity index (χ0v) is 16.2. The second kappa shape index (κ2) is 7.96. The Kier molecular flexibility index (Phi) is 5.20. The first-order chi connectivity index (χ1) is 14.4. The normalized spacial score (nSPS) is 15.2. The molecule has 0 unspecified atom stereocenters. The van der Waals surface area contributed by atoms with Crippen molar-refractivity contribution in [2.24, 2.45) is 0 Å². The number of thioether (sulfide) groups is 1. The van der Waals surface area contributed by atoms with Crippen molar-refractivity contribution in [3.8, 4) is 5.69 Å². The van der Waals surface area contributed by atoms with Crippen LogP contribution in [0.5, 0.6) is 0 Å². The summed E-state index contributed by atoms with van der Waals surface area (Å²) in [6, 6.07) is 15.2. The number of benzene rings is 2. The van der Waals surface area contributed by atoms with Gasteiger partial charge in [-0.25, -0.2) is 4.39 Å². The molecule has 3 aromatic rings. The van der Waals surface area contributed by atoms with E-state index in [1.54, 1.807) is 41.1 Å². The monoisotopic (exact) mass is 423 g/mol. The molecular weight excluding hydrogens is 409 g/mol. The molecule has 2 heterocycles. The number of aromatic nitrogens is 1. The molecule has 0 bridgehead atoms. The van der Waals surface area contributed by atoms with E-state index in [0.717, 1.165) is 16.7 Å². The summed E-state index contributed by atoms with van der Waals surface area (Å²) < 4.78 is 14.8. The summed E-state index contributed by atoms with van der Waals surface area (Å²) >= 11 is 0.835. The van der Waals surface area contributed by atoms with Crippen molar-refractivity contribution in [1.29, 1.82) is 0 Å². The Morgan fingerprint density at radius 2 is 1.73 bits per heavy atom. The molecule has 7 nitrogen and oxygen atoms in total. The summed E-state index contributed by atoms with van der Waals surface area (Å²) in [4.78, 5) is 36.8. The highest BCUT2D eigenvalue weighted by molar-refractivity contribution is 8.18. The first-order valence-electron chi connectivity index (χ1n) is 8.84. The number of non-ortho nitro benzene ring substituents is 1. The highest BCUT2D eigenvalue weighted by Crippen LogP contribution is 2.33. The van der Waals surface area contributed by atoms with E-state index in [1.165, 1.54) is 36.4 Å². The van der Waals surface area contributed by atoms with E-state index in [0.29, 0.717) is 16.9 Å². The third-order valence-corrected chi connectivity index (χ3v) is 5.43. The molecule has 1 aromatic heterocycles. The molecular formula is C21H14FN3O4S. The summed E-state index contributed by atoms with van der Waals surface area (Å²) in [5.74, 6) is -0.814. The van der Waals surface area contributed by atoms with Crippen LogP contribution in [0.25, 0.3) is 11.8 Å².